The van der Waals surface area contributed by atoms with Gasteiger partial charge in [0.1, 0.15) is 11.2 Å². The number of hydrogen-bond acceptors (Lipinski definition) is 4. The van der Waals surface area contributed by atoms with Crippen LogP contribution in [-0.2, 0) is 16.1 Å². The van der Waals surface area contributed by atoms with E-state index >= 15 is 0 Å². The number of aryl methyl sites for hydroxylation is 1. The smallest absolute Gasteiger partial charge is 0.240 e. The molecule has 1 N–H and O–H groups in total. The van der Waals surface area contributed by atoms with Crippen molar-refractivity contribution in [2.75, 3.05) is 12.4 Å². The summed E-state index contributed by atoms with van der Waals surface area (Å²) in [5.41, 5.74) is -0.206. The SMILES string of the molecule is Cc1cc(NC(=O)C(C)(C)C(=O)N(C)Cc2ccccc2)no1. The lowest BCUT2D eigenvalue weighted by Gasteiger charge is -2.28. The number of hydrogen-bond donors (Lipinski definition) is 1. The first kappa shape index (κ1) is 16.7. The van der Waals surface area contributed by atoms with Gasteiger partial charge >= 0.3 is 0 Å². The maximum absolute atomic E-state index is 12.6. The molecular formula is C17H21N3O3. The summed E-state index contributed by atoms with van der Waals surface area (Å²) in [4.78, 5) is 26.6. The number of benzene rings is 1. The monoisotopic (exact) mass is 315 g/mol. The van der Waals surface area contributed by atoms with Crippen LogP contribution in [0.5, 0.6) is 0 Å². The van der Waals surface area contributed by atoms with Gasteiger partial charge in [0.05, 0.1) is 0 Å². The minimum atomic E-state index is -1.21. The van der Waals surface area contributed by atoms with E-state index in [-0.39, 0.29) is 5.91 Å². The van der Waals surface area contributed by atoms with Gasteiger partial charge in [-0.05, 0) is 26.3 Å². The van der Waals surface area contributed by atoms with Gasteiger partial charge in [0.15, 0.2) is 5.82 Å². The molecule has 2 aromatic rings. The van der Waals surface area contributed by atoms with E-state index in [0.29, 0.717) is 18.1 Å². The highest BCUT2D eigenvalue weighted by molar-refractivity contribution is 6.09. The van der Waals surface area contributed by atoms with Crippen LogP contribution in [0.2, 0.25) is 0 Å². The van der Waals surface area contributed by atoms with Crippen LogP contribution in [0.4, 0.5) is 5.82 Å². The molecule has 0 saturated heterocycles. The Morgan fingerprint density at radius 2 is 1.91 bits per heavy atom. The fourth-order valence-corrected chi connectivity index (χ4v) is 2.20. The van der Waals surface area contributed by atoms with Gasteiger partial charge in [-0.15, -0.1) is 0 Å². The molecule has 2 amide bonds. The number of aromatic nitrogens is 1. The van der Waals surface area contributed by atoms with Crippen LogP contribution in [0.3, 0.4) is 0 Å². The highest BCUT2D eigenvalue weighted by atomic mass is 16.5. The lowest BCUT2D eigenvalue weighted by atomic mass is 9.90. The summed E-state index contributed by atoms with van der Waals surface area (Å²) in [5, 5.41) is 6.32. The van der Waals surface area contributed by atoms with E-state index in [0.717, 1.165) is 5.56 Å². The van der Waals surface area contributed by atoms with Gasteiger partial charge in [-0.2, -0.15) is 0 Å². The predicted molar refractivity (Wildman–Crippen MR) is 86.6 cm³/mol. The molecule has 1 aromatic carbocycles. The van der Waals surface area contributed by atoms with Gasteiger partial charge in [-0.3, -0.25) is 9.59 Å². The molecule has 0 spiro atoms. The molecule has 6 nitrogen and oxygen atoms in total. The second-order valence-corrected chi connectivity index (χ2v) is 6.05. The molecule has 0 atom stereocenters. The second kappa shape index (κ2) is 6.64. The average Bonchev–Trinajstić information content (AvgIpc) is 2.92. The molecule has 1 aromatic heterocycles. The molecule has 0 fully saturated rings. The molecule has 1 heterocycles. The number of nitrogens with zero attached hydrogens (tertiary/aromatic N) is 2. The lowest BCUT2D eigenvalue weighted by molar-refractivity contribution is -0.145. The normalized spacial score (nSPS) is 11.1. The van der Waals surface area contributed by atoms with Gasteiger partial charge in [0, 0.05) is 19.7 Å². The van der Waals surface area contributed by atoms with Crippen LogP contribution in [0.25, 0.3) is 0 Å². The van der Waals surface area contributed by atoms with Crippen molar-refractivity contribution in [3.63, 3.8) is 0 Å². The number of anilines is 1. The maximum Gasteiger partial charge on any atom is 0.240 e. The molecule has 0 bridgehead atoms. The van der Waals surface area contributed by atoms with Crippen molar-refractivity contribution in [2.45, 2.75) is 27.3 Å². The Bertz CT molecular complexity index is 692. The maximum atomic E-state index is 12.6. The molecule has 23 heavy (non-hydrogen) atoms. The van der Waals surface area contributed by atoms with Crippen molar-refractivity contribution in [2.24, 2.45) is 5.41 Å². The first-order valence-electron chi connectivity index (χ1n) is 7.35. The van der Waals surface area contributed by atoms with E-state index in [1.165, 1.54) is 0 Å². The number of nitrogens with one attached hydrogen (secondary N) is 1. The minimum Gasteiger partial charge on any atom is -0.360 e. The Labute approximate surface area is 135 Å². The summed E-state index contributed by atoms with van der Waals surface area (Å²) < 4.78 is 4.90. The Morgan fingerprint density at radius 1 is 1.26 bits per heavy atom. The van der Waals surface area contributed by atoms with Crippen LogP contribution in [-0.4, -0.2) is 28.9 Å². The quantitative estimate of drug-likeness (QED) is 0.861. The molecule has 2 rings (SSSR count). The third-order valence-electron chi connectivity index (χ3n) is 3.58. The Balaban J connectivity index is 2.04. The zero-order valence-electron chi connectivity index (χ0n) is 13.8. The molecule has 0 aliphatic rings. The summed E-state index contributed by atoms with van der Waals surface area (Å²) in [5.74, 6) is 0.208. The van der Waals surface area contributed by atoms with Crippen molar-refractivity contribution >= 4 is 17.6 Å². The Kier molecular flexibility index (Phi) is 4.83. The molecular weight excluding hydrogens is 294 g/mol. The van der Waals surface area contributed by atoms with Crippen molar-refractivity contribution < 1.29 is 14.1 Å². The van der Waals surface area contributed by atoms with Gasteiger partial charge in [-0.25, -0.2) is 0 Å². The fraction of sp³-hybridized carbons (Fsp3) is 0.353. The van der Waals surface area contributed by atoms with Crippen LogP contribution in [0.15, 0.2) is 40.9 Å². The lowest BCUT2D eigenvalue weighted by Crippen LogP contribution is -2.45. The third-order valence-corrected chi connectivity index (χ3v) is 3.58. The summed E-state index contributed by atoms with van der Waals surface area (Å²) >= 11 is 0. The molecule has 0 radical (unpaired) electrons. The first-order valence-corrected chi connectivity index (χ1v) is 7.35. The van der Waals surface area contributed by atoms with E-state index in [2.05, 4.69) is 10.5 Å². The Hall–Kier alpha value is -2.63. The Morgan fingerprint density at radius 3 is 2.48 bits per heavy atom. The van der Waals surface area contributed by atoms with Crippen molar-refractivity contribution in [3.8, 4) is 0 Å². The minimum absolute atomic E-state index is 0.265. The van der Waals surface area contributed by atoms with Crippen LogP contribution >= 0.6 is 0 Å². The average molecular weight is 315 g/mol. The van der Waals surface area contributed by atoms with E-state index in [9.17, 15) is 9.59 Å². The molecule has 0 unspecified atom stereocenters. The highest BCUT2D eigenvalue weighted by Crippen LogP contribution is 2.22. The van der Waals surface area contributed by atoms with E-state index in [1.54, 1.807) is 38.8 Å². The zero-order chi connectivity index (χ0) is 17.0. The van der Waals surface area contributed by atoms with Gasteiger partial charge in [0.2, 0.25) is 11.8 Å². The largest absolute Gasteiger partial charge is 0.360 e. The molecule has 122 valence electrons. The molecule has 6 heteroatoms. The second-order valence-electron chi connectivity index (χ2n) is 6.05. The number of amides is 2. The van der Waals surface area contributed by atoms with E-state index in [1.807, 2.05) is 30.3 Å². The van der Waals surface area contributed by atoms with Crippen LogP contribution < -0.4 is 5.32 Å². The summed E-state index contributed by atoms with van der Waals surface area (Å²) in [6, 6.07) is 11.2. The highest BCUT2D eigenvalue weighted by Gasteiger charge is 2.38. The number of carbonyl (C=O) groups excluding carboxylic acids is 2. The topological polar surface area (TPSA) is 75.4 Å². The summed E-state index contributed by atoms with van der Waals surface area (Å²) in [6.45, 7) is 5.37. The van der Waals surface area contributed by atoms with Gasteiger partial charge in [-0.1, -0.05) is 35.5 Å². The van der Waals surface area contributed by atoms with Crippen LogP contribution in [0.1, 0.15) is 25.2 Å². The summed E-state index contributed by atoms with van der Waals surface area (Å²) in [7, 11) is 1.69. The van der Waals surface area contributed by atoms with Gasteiger partial charge < -0.3 is 14.7 Å². The van der Waals surface area contributed by atoms with Gasteiger partial charge in [0.25, 0.3) is 0 Å². The molecule has 0 aliphatic heterocycles. The fourth-order valence-electron chi connectivity index (χ4n) is 2.20. The molecule has 0 saturated carbocycles. The first-order chi connectivity index (χ1) is 10.8. The number of rotatable bonds is 5. The van der Waals surface area contributed by atoms with Crippen molar-refractivity contribution in [1.82, 2.24) is 10.1 Å². The van der Waals surface area contributed by atoms with Crippen LogP contribution in [0, 0.1) is 12.3 Å². The zero-order valence-corrected chi connectivity index (χ0v) is 13.8. The van der Waals surface area contributed by atoms with E-state index < -0.39 is 11.3 Å². The summed E-state index contributed by atoms with van der Waals surface area (Å²) in [6.07, 6.45) is 0. The number of carbonyl (C=O) groups is 2. The third kappa shape index (κ3) is 3.97. The standard InChI is InChI=1S/C17H21N3O3/c1-12-10-14(19-23-12)18-15(21)17(2,3)16(22)20(4)11-13-8-6-5-7-9-13/h5-10H,11H2,1-4H3,(H,18,19,21). The molecule has 0 aliphatic carbocycles. The van der Waals surface area contributed by atoms with Crippen molar-refractivity contribution in [3.05, 3.63) is 47.7 Å². The predicted octanol–water partition coefficient (Wildman–Crippen LogP) is 2.61. The van der Waals surface area contributed by atoms with Crippen molar-refractivity contribution in [1.29, 1.82) is 0 Å². The van der Waals surface area contributed by atoms with E-state index in [4.69, 9.17) is 4.52 Å².